The van der Waals surface area contributed by atoms with E-state index < -0.39 is 5.82 Å². The van der Waals surface area contributed by atoms with E-state index in [1.165, 1.54) is 12.3 Å². The fourth-order valence-corrected chi connectivity index (χ4v) is 1.94. The zero-order valence-electron chi connectivity index (χ0n) is 12.3. The highest BCUT2D eigenvalue weighted by atomic mass is 19.1. The fraction of sp³-hybridized carbons (Fsp3) is 0.571. The number of nitrogen functional groups attached to an aromatic ring is 1. The van der Waals surface area contributed by atoms with E-state index in [1.807, 2.05) is 13.8 Å². The van der Waals surface area contributed by atoms with Crippen molar-refractivity contribution in [3.63, 3.8) is 0 Å². The van der Waals surface area contributed by atoms with Crippen molar-refractivity contribution < 1.29 is 9.18 Å². The van der Waals surface area contributed by atoms with Crippen LogP contribution in [-0.4, -0.2) is 28.4 Å². The Labute approximate surface area is 119 Å². The molecule has 112 valence electrons. The zero-order chi connectivity index (χ0) is 15.1. The molecule has 0 aliphatic heterocycles. The lowest BCUT2D eigenvalue weighted by molar-refractivity contribution is 0.0680. The van der Waals surface area contributed by atoms with Crippen molar-refractivity contribution in [2.24, 2.45) is 5.84 Å². The molecule has 1 atom stereocenters. The Morgan fingerprint density at radius 1 is 1.55 bits per heavy atom. The average Bonchev–Trinajstić information content (AvgIpc) is 2.47. The summed E-state index contributed by atoms with van der Waals surface area (Å²) in [4.78, 5) is 18.0. The number of carbonyl (C=O) groups is 1. The van der Waals surface area contributed by atoms with Gasteiger partial charge in [0.1, 0.15) is 0 Å². The van der Waals surface area contributed by atoms with Gasteiger partial charge in [-0.2, -0.15) is 0 Å². The minimum Gasteiger partial charge on any atom is -0.336 e. The molecule has 0 aromatic carbocycles. The molecule has 1 unspecified atom stereocenters. The van der Waals surface area contributed by atoms with Gasteiger partial charge in [0, 0.05) is 18.8 Å². The molecule has 0 fully saturated rings. The summed E-state index contributed by atoms with van der Waals surface area (Å²) in [6.07, 6.45) is 4.07. The van der Waals surface area contributed by atoms with E-state index in [4.69, 9.17) is 5.84 Å². The van der Waals surface area contributed by atoms with E-state index in [0.717, 1.165) is 19.3 Å². The van der Waals surface area contributed by atoms with E-state index in [-0.39, 0.29) is 23.3 Å². The van der Waals surface area contributed by atoms with Crippen molar-refractivity contribution in [3.8, 4) is 0 Å². The number of amides is 1. The molecule has 0 bridgehead atoms. The number of unbranched alkanes of at least 4 members (excludes halogenated alkanes) is 1. The summed E-state index contributed by atoms with van der Waals surface area (Å²) in [5, 5.41) is 0. The first kappa shape index (κ1) is 16.4. The summed E-state index contributed by atoms with van der Waals surface area (Å²) in [7, 11) is 0. The average molecular weight is 282 g/mol. The number of nitrogens with one attached hydrogen (secondary N) is 1. The molecule has 3 N–H and O–H groups in total. The van der Waals surface area contributed by atoms with Gasteiger partial charge in [-0.05, 0) is 25.8 Å². The highest BCUT2D eigenvalue weighted by Gasteiger charge is 2.24. The number of hydrogen-bond donors (Lipinski definition) is 2. The molecule has 0 saturated carbocycles. The van der Waals surface area contributed by atoms with Crippen LogP contribution in [0.4, 0.5) is 10.2 Å². The first-order valence-corrected chi connectivity index (χ1v) is 6.98. The molecule has 0 spiro atoms. The molecule has 5 nitrogen and oxygen atoms in total. The molecule has 0 aliphatic rings. The number of hydrazine groups is 1. The second-order valence-corrected chi connectivity index (χ2v) is 4.77. The lowest BCUT2D eigenvalue weighted by Gasteiger charge is -2.29. The minimum atomic E-state index is -0.704. The summed E-state index contributed by atoms with van der Waals surface area (Å²) < 4.78 is 14.1. The van der Waals surface area contributed by atoms with Gasteiger partial charge in [0.25, 0.3) is 5.91 Å². The van der Waals surface area contributed by atoms with Gasteiger partial charge in [0.15, 0.2) is 11.6 Å². The molecule has 6 heteroatoms. The second kappa shape index (κ2) is 7.79. The summed E-state index contributed by atoms with van der Waals surface area (Å²) in [5.74, 6) is 4.05. The predicted molar refractivity (Wildman–Crippen MR) is 77.7 cm³/mol. The monoisotopic (exact) mass is 282 g/mol. The summed E-state index contributed by atoms with van der Waals surface area (Å²) in [5.41, 5.74) is 2.16. The Bertz CT molecular complexity index is 453. The van der Waals surface area contributed by atoms with E-state index in [1.54, 1.807) is 4.90 Å². The molecule has 1 amide bonds. The minimum absolute atomic E-state index is 0.00403. The molecule has 20 heavy (non-hydrogen) atoms. The number of rotatable bonds is 7. The number of nitrogens with zero attached hydrogens (tertiary/aromatic N) is 2. The molecule has 1 rings (SSSR count). The van der Waals surface area contributed by atoms with Crippen LogP contribution in [-0.2, 0) is 0 Å². The van der Waals surface area contributed by atoms with Crippen molar-refractivity contribution in [3.05, 3.63) is 23.6 Å². The van der Waals surface area contributed by atoms with Crippen molar-refractivity contribution in [2.45, 2.75) is 46.1 Å². The maximum absolute atomic E-state index is 14.1. The third-order valence-corrected chi connectivity index (χ3v) is 3.39. The Kier molecular flexibility index (Phi) is 6.38. The highest BCUT2D eigenvalue weighted by Crippen LogP contribution is 2.18. The maximum atomic E-state index is 14.1. The van der Waals surface area contributed by atoms with Gasteiger partial charge in [0.05, 0.1) is 5.56 Å². The van der Waals surface area contributed by atoms with Crippen LogP contribution in [0.2, 0.25) is 0 Å². The van der Waals surface area contributed by atoms with E-state index in [0.29, 0.717) is 6.54 Å². The largest absolute Gasteiger partial charge is 0.336 e. The number of anilines is 1. The highest BCUT2D eigenvalue weighted by molar-refractivity contribution is 5.95. The Hall–Kier alpha value is -1.69. The van der Waals surface area contributed by atoms with Crippen LogP contribution in [0.5, 0.6) is 0 Å². The van der Waals surface area contributed by atoms with Gasteiger partial charge in [-0.1, -0.05) is 20.3 Å². The predicted octanol–water partition coefficient (Wildman–Crippen LogP) is 2.55. The second-order valence-electron chi connectivity index (χ2n) is 4.77. The fourth-order valence-electron chi connectivity index (χ4n) is 1.94. The van der Waals surface area contributed by atoms with Crippen LogP contribution in [0.15, 0.2) is 12.3 Å². The maximum Gasteiger partial charge on any atom is 0.257 e. The molecule has 1 aromatic rings. The number of nitrogens with two attached hydrogens (primary N) is 1. The van der Waals surface area contributed by atoms with Crippen LogP contribution < -0.4 is 11.3 Å². The summed E-state index contributed by atoms with van der Waals surface area (Å²) in [6, 6.07) is 1.45. The van der Waals surface area contributed by atoms with Crippen molar-refractivity contribution in [1.29, 1.82) is 0 Å². The van der Waals surface area contributed by atoms with E-state index >= 15 is 0 Å². The molecule has 0 saturated heterocycles. The van der Waals surface area contributed by atoms with Crippen LogP contribution in [0, 0.1) is 5.82 Å². The SMILES string of the molecule is CCCCN(C(=O)c1ccnc(NN)c1F)C(C)CC. The van der Waals surface area contributed by atoms with Crippen molar-refractivity contribution in [2.75, 3.05) is 12.0 Å². The third kappa shape index (κ3) is 3.66. The number of halogens is 1. The lowest BCUT2D eigenvalue weighted by Crippen LogP contribution is -2.39. The van der Waals surface area contributed by atoms with E-state index in [9.17, 15) is 9.18 Å². The van der Waals surface area contributed by atoms with Crippen LogP contribution >= 0.6 is 0 Å². The molecule has 0 radical (unpaired) electrons. The Morgan fingerprint density at radius 2 is 2.25 bits per heavy atom. The summed E-state index contributed by atoms with van der Waals surface area (Å²) >= 11 is 0. The molecule has 1 heterocycles. The summed E-state index contributed by atoms with van der Waals surface area (Å²) in [6.45, 7) is 6.65. The molecular formula is C14H23FN4O. The number of aromatic nitrogens is 1. The van der Waals surface area contributed by atoms with Crippen LogP contribution in [0.25, 0.3) is 0 Å². The van der Waals surface area contributed by atoms with E-state index in [2.05, 4.69) is 17.3 Å². The Balaban J connectivity index is 3.05. The normalized spacial score (nSPS) is 12.1. The van der Waals surface area contributed by atoms with Gasteiger partial charge in [-0.25, -0.2) is 15.2 Å². The first-order valence-electron chi connectivity index (χ1n) is 6.98. The molecule has 1 aromatic heterocycles. The topological polar surface area (TPSA) is 71.2 Å². The number of carbonyl (C=O) groups excluding carboxylic acids is 1. The zero-order valence-corrected chi connectivity index (χ0v) is 12.3. The van der Waals surface area contributed by atoms with Crippen molar-refractivity contribution in [1.82, 2.24) is 9.88 Å². The van der Waals surface area contributed by atoms with Gasteiger partial charge in [0.2, 0.25) is 0 Å². The molecular weight excluding hydrogens is 259 g/mol. The quantitative estimate of drug-likeness (QED) is 0.595. The number of hydrogen-bond acceptors (Lipinski definition) is 4. The smallest absolute Gasteiger partial charge is 0.257 e. The van der Waals surface area contributed by atoms with Crippen molar-refractivity contribution >= 4 is 11.7 Å². The Morgan fingerprint density at radius 3 is 2.80 bits per heavy atom. The first-order chi connectivity index (χ1) is 9.56. The van der Waals surface area contributed by atoms with Gasteiger partial charge >= 0.3 is 0 Å². The van der Waals surface area contributed by atoms with Crippen LogP contribution in [0.3, 0.4) is 0 Å². The standard InChI is InChI=1S/C14H23FN4O/c1-4-6-9-19(10(3)5-2)14(20)11-7-8-17-13(18-16)12(11)15/h7-8,10H,4-6,9,16H2,1-3H3,(H,17,18). The van der Waals surface area contributed by atoms with Gasteiger partial charge < -0.3 is 10.3 Å². The van der Waals surface area contributed by atoms with Crippen LogP contribution in [0.1, 0.15) is 50.4 Å². The molecule has 0 aliphatic carbocycles. The van der Waals surface area contributed by atoms with Gasteiger partial charge in [-0.15, -0.1) is 0 Å². The lowest BCUT2D eigenvalue weighted by atomic mass is 10.1. The van der Waals surface area contributed by atoms with Gasteiger partial charge in [-0.3, -0.25) is 4.79 Å². The number of pyridine rings is 1. The third-order valence-electron chi connectivity index (χ3n) is 3.39.